The van der Waals surface area contributed by atoms with Crippen LogP contribution < -0.4 is 0 Å². The molecule has 2 fully saturated rings. The summed E-state index contributed by atoms with van der Waals surface area (Å²) in [6, 6.07) is 10.1. The zero-order chi connectivity index (χ0) is 24.9. The molecule has 0 amide bonds. The lowest BCUT2D eigenvalue weighted by molar-refractivity contribution is -0.0852. The number of rotatable bonds is 10. The summed E-state index contributed by atoms with van der Waals surface area (Å²) in [5.74, 6) is 0.694. The molecule has 0 aromatic heterocycles. The molecule has 0 bridgehead atoms. The van der Waals surface area contributed by atoms with Gasteiger partial charge >= 0.3 is 0 Å². The molecular formula is C30H52N2O2. The number of aliphatic hydroxyl groups is 2. The number of unbranched alkanes of at least 4 members (excludes halogenated alkanes) is 2. The predicted octanol–water partition coefficient (Wildman–Crippen LogP) is 5.29. The molecular weight excluding hydrogens is 420 g/mol. The topological polar surface area (TPSA) is 46.9 Å². The van der Waals surface area contributed by atoms with Gasteiger partial charge in [0.2, 0.25) is 0 Å². The average Bonchev–Trinajstić information content (AvgIpc) is 2.78. The molecule has 0 radical (unpaired) electrons. The van der Waals surface area contributed by atoms with Gasteiger partial charge < -0.3 is 20.0 Å². The second-order valence-electron chi connectivity index (χ2n) is 12.2. The van der Waals surface area contributed by atoms with Crippen LogP contribution >= 0.6 is 0 Å². The summed E-state index contributed by atoms with van der Waals surface area (Å²) in [6.45, 7) is 10.9. The Hall–Kier alpha value is -0.940. The van der Waals surface area contributed by atoms with Crippen LogP contribution in [0.1, 0.15) is 90.2 Å². The van der Waals surface area contributed by atoms with Crippen molar-refractivity contribution in [3.8, 4) is 0 Å². The Kier molecular flexibility index (Phi) is 9.65. The maximum atomic E-state index is 11.2. The number of hydrogen-bond acceptors (Lipinski definition) is 4. The highest BCUT2D eigenvalue weighted by molar-refractivity contribution is 5.22. The minimum Gasteiger partial charge on any atom is -0.390 e. The minimum absolute atomic E-state index is 0.347. The first-order valence-corrected chi connectivity index (χ1v) is 14.0. The Morgan fingerprint density at radius 2 is 1.03 bits per heavy atom. The third-order valence-electron chi connectivity index (χ3n) is 9.43. The van der Waals surface area contributed by atoms with Gasteiger partial charge in [-0.3, -0.25) is 0 Å². The second-order valence-corrected chi connectivity index (χ2v) is 12.2. The molecule has 6 atom stereocenters. The SMILES string of the molecule is CC1CC(O)(CCCCc2ccc(CCCCC3(O)CC(C)N(C)CC3C)cc2)C(C)CN1C. The molecule has 4 heteroatoms. The van der Waals surface area contributed by atoms with Crippen molar-refractivity contribution in [1.82, 2.24) is 9.80 Å². The molecule has 0 spiro atoms. The van der Waals surface area contributed by atoms with Gasteiger partial charge in [-0.2, -0.15) is 0 Å². The van der Waals surface area contributed by atoms with Crippen LogP contribution in [-0.2, 0) is 12.8 Å². The van der Waals surface area contributed by atoms with Crippen LogP contribution in [0, 0.1) is 11.8 Å². The zero-order valence-electron chi connectivity index (χ0n) is 22.9. The smallest absolute Gasteiger partial charge is 0.0700 e. The Labute approximate surface area is 209 Å². The van der Waals surface area contributed by atoms with E-state index in [1.54, 1.807) is 0 Å². The summed E-state index contributed by atoms with van der Waals surface area (Å²) in [5, 5.41) is 22.3. The molecule has 34 heavy (non-hydrogen) atoms. The molecule has 0 saturated carbocycles. The lowest BCUT2D eigenvalue weighted by atomic mass is 9.76. The lowest BCUT2D eigenvalue weighted by Crippen LogP contribution is -2.53. The van der Waals surface area contributed by atoms with E-state index in [1.165, 1.54) is 11.1 Å². The highest BCUT2D eigenvalue weighted by atomic mass is 16.3. The maximum absolute atomic E-state index is 11.2. The van der Waals surface area contributed by atoms with Crippen LogP contribution in [0.5, 0.6) is 0 Å². The highest BCUT2D eigenvalue weighted by Gasteiger charge is 2.41. The maximum Gasteiger partial charge on any atom is 0.0700 e. The first kappa shape index (κ1) is 27.6. The molecule has 2 aliphatic rings. The van der Waals surface area contributed by atoms with Gasteiger partial charge in [0, 0.05) is 25.2 Å². The monoisotopic (exact) mass is 472 g/mol. The number of nitrogens with zero attached hydrogens (tertiary/aromatic N) is 2. The van der Waals surface area contributed by atoms with Crippen molar-refractivity contribution in [2.24, 2.45) is 11.8 Å². The molecule has 1 aromatic rings. The molecule has 2 aliphatic heterocycles. The van der Waals surface area contributed by atoms with E-state index in [-0.39, 0.29) is 0 Å². The summed E-state index contributed by atoms with van der Waals surface area (Å²) in [6.07, 6.45) is 10.3. The molecule has 194 valence electrons. The van der Waals surface area contributed by atoms with Crippen molar-refractivity contribution in [2.45, 2.75) is 115 Å². The van der Waals surface area contributed by atoms with E-state index in [4.69, 9.17) is 0 Å². The Balaban J connectivity index is 1.34. The van der Waals surface area contributed by atoms with Gasteiger partial charge in [0.1, 0.15) is 0 Å². The van der Waals surface area contributed by atoms with E-state index in [0.717, 1.165) is 77.3 Å². The third kappa shape index (κ3) is 7.06. The number of piperidine rings is 2. The van der Waals surface area contributed by atoms with E-state index in [0.29, 0.717) is 23.9 Å². The molecule has 6 unspecified atom stereocenters. The van der Waals surface area contributed by atoms with E-state index in [2.05, 4.69) is 75.9 Å². The summed E-state index contributed by atoms with van der Waals surface area (Å²) >= 11 is 0. The van der Waals surface area contributed by atoms with Crippen LogP contribution in [0.4, 0.5) is 0 Å². The summed E-state index contributed by atoms with van der Waals surface area (Å²) in [4.78, 5) is 4.75. The first-order chi connectivity index (χ1) is 16.0. The fraction of sp³-hybridized carbons (Fsp3) is 0.800. The first-order valence-electron chi connectivity index (χ1n) is 14.0. The summed E-state index contributed by atoms with van der Waals surface area (Å²) in [5.41, 5.74) is 1.83. The molecule has 1 aromatic carbocycles. The highest BCUT2D eigenvalue weighted by Crippen LogP contribution is 2.36. The Morgan fingerprint density at radius 3 is 1.38 bits per heavy atom. The zero-order valence-corrected chi connectivity index (χ0v) is 22.9. The largest absolute Gasteiger partial charge is 0.390 e. The van der Waals surface area contributed by atoms with E-state index < -0.39 is 11.2 Å². The molecule has 2 N–H and O–H groups in total. The number of hydrogen-bond donors (Lipinski definition) is 2. The van der Waals surface area contributed by atoms with Crippen molar-refractivity contribution < 1.29 is 10.2 Å². The van der Waals surface area contributed by atoms with Gasteiger partial charge in [0.25, 0.3) is 0 Å². The standard InChI is InChI=1S/C30H52N2O2/c1-23-21-31(5)25(3)19-29(23,33)17-9-7-11-27-13-15-28(16-14-27)12-8-10-18-30(34)20-26(4)32(6)22-24(30)2/h13-16,23-26,33-34H,7-12,17-22H2,1-6H3. The van der Waals surface area contributed by atoms with Crippen molar-refractivity contribution >= 4 is 0 Å². The van der Waals surface area contributed by atoms with E-state index in [1.807, 2.05) is 0 Å². The molecule has 4 nitrogen and oxygen atoms in total. The number of likely N-dealkylation sites (tertiary alicyclic amines) is 2. The molecule has 3 rings (SSSR count). The Morgan fingerprint density at radius 1 is 0.676 bits per heavy atom. The van der Waals surface area contributed by atoms with Gasteiger partial charge in [-0.15, -0.1) is 0 Å². The van der Waals surface area contributed by atoms with Gasteiger partial charge in [-0.05, 0) is 102 Å². The Bertz CT molecular complexity index is 690. The third-order valence-corrected chi connectivity index (χ3v) is 9.43. The normalized spacial score (nSPS) is 35.5. The number of benzene rings is 1. The fourth-order valence-corrected chi connectivity index (χ4v) is 6.39. The minimum atomic E-state index is -0.494. The van der Waals surface area contributed by atoms with Crippen LogP contribution in [-0.4, -0.2) is 70.5 Å². The van der Waals surface area contributed by atoms with E-state index in [9.17, 15) is 10.2 Å². The molecule has 0 aliphatic carbocycles. The van der Waals surface area contributed by atoms with Crippen molar-refractivity contribution in [1.29, 1.82) is 0 Å². The predicted molar refractivity (Wildman–Crippen MR) is 143 cm³/mol. The van der Waals surface area contributed by atoms with Gasteiger partial charge in [-0.25, -0.2) is 0 Å². The molecule has 2 saturated heterocycles. The van der Waals surface area contributed by atoms with Crippen molar-refractivity contribution in [3.05, 3.63) is 35.4 Å². The van der Waals surface area contributed by atoms with Gasteiger partial charge in [0.15, 0.2) is 0 Å². The second kappa shape index (κ2) is 11.9. The number of aryl methyl sites for hydroxylation is 2. The van der Waals surface area contributed by atoms with Gasteiger partial charge in [0.05, 0.1) is 11.2 Å². The molecule has 2 heterocycles. The average molecular weight is 473 g/mol. The van der Waals surface area contributed by atoms with Crippen LogP contribution in [0.2, 0.25) is 0 Å². The summed E-state index contributed by atoms with van der Waals surface area (Å²) < 4.78 is 0. The summed E-state index contributed by atoms with van der Waals surface area (Å²) in [7, 11) is 4.34. The lowest BCUT2D eigenvalue weighted by Gasteiger charge is -2.46. The van der Waals surface area contributed by atoms with Crippen LogP contribution in [0.25, 0.3) is 0 Å². The van der Waals surface area contributed by atoms with Crippen molar-refractivity contribution in [2.75, 3.05) is 27.2 Å². The van der Waals surface area contributed by atoms with Crippen LogP contribution in [0.3, 0.4) is 0 Å². The van der Waals surface area contributed by atoms with Crippen LogP contribution in [0.15, 0.2) is 24.3 Å². The van der Waals surface area contributed by atoms with Gasteiger partial charge in [-0.1, -0.05) is 51.0 Å². The quantitative estimate of drug-likeness (QED) is 0.454. The fourth-order valence-electron chi connectivity index (χ4n) is 6.39. The van der Waals surface area contributed by atoms with Crippen molar-refractivity contribution in [3.63, 3.8) is 0 Å². The van der Waals surface area contributed by atoms with E-state index >= 15 is 0 Å².